The molecule has 0 fully saturated rings. The van der Waals surface area contributed by atoms with Gasteiger partial charge in [0.05, 0.1) is 18.2 Å². The minimum atomic E-state index is -0.283. The van der Waals surface area contributed by atoms with E-state index in [1.165, 1.54) is 0 Å². The predicted molar refractivity (Wildman–Crippen MR) is 125 cm³/mol. The summed E-state index contributed by atoms with van der Waals surface area (Å²) in [5, 5.41) is 0.744. The molecule has 1 heterocycles. The molecule has 1 aromatic heterocycles. The van der Waals surface area contributed by atoms with Gasteiger partial charge in [0, 0.05) is 28.8 Å². The zero-order valence-electron chi connectivity index (χ0n) is 18.4. The third-order valence-electron chi connectivity index (χ3n) is 5.45. The maximum atomic E-state index is 13.5. The fraction of sp³-hybridized carbons (Fsp3) is 0.185. The lowest BCUT2D eigenvalue weighted by Crippen LogP contribution is -2.07. The second-order valence-corrected chi connectivity index (χ2v) is 7.59. The van der Waals surface area contributed by atoms with Crippen LogP contribution in [0, 0.1) is 6.92 Å². The summed E-state index contributed by atoms with van der Waals surface area (Å²) in [5.74, 6) is 0.838. The zero-order chi connectivity index (χ0) is 22.7. The molecule has 4 aromatic rings. The molecule has 32 heavy (non-hydrogen) atoms. The lowest BCUT2D eigenvalue weighted by molar-refractivity contribution is -0.134. The average Bonchev–Trinajstić information content (AvgIpc) is 3.10. The van der Waals surface area contributed by atoms with Crippen molar-refractivity contribution in [3.63, 3.8) is 0 Å². The highest BCUT2D eigenvalue weighted by Gasteiger charge is 2.23. The first kappa shape index (κ1) is 21.4. The van der Waals surface area contributed by atoms with E-state index >= 15 is 0 Å². The smallest absolute Gasteiger partial charge is 0.311 e. The Balaban J connectivity index is 1.91. The summed E-state index contributed by atoms with van der Waals surface area (Å²) in [7, 11) is 1.63. The number of ether oxygens (including phenoxy) is 2. The number of rotatable bonds is 7. The van der Waals surface area contributed by atoms with Crippen LogP contribution in [0.4, 0.5) is 0 Å². The molecule has 0 saturated carbocycles. The molecule has 5 nitrogen and oxygen atoms in total. The Morgan fingerprint density at radius 2 is 1.59 bits per heavy atom. The van der Waals surface area contributed by atoms with Gasteiger partial charge in [0.1, 0.15) is 11.5 Å². The molecule has 0 radical (unpaired) electrons. The fourth-order valence-electron chi connectivity index (χ4n) is 3.93. The summed E-state index contributed by atoms with van der Waals surface area (Å²) in [5.41, 5.74) is 3.79. The highest BCUT2D eigenvalue weighted by atomic mass is 16.5. The van der Waals surface area contributed by atoms with Gasteiger partial charge in [-0.25, -0.2) is 0 Å². The fourth-order valence-corrected chi connectivity index (χ4v) is 3.93. The Morgan fingerprint density at radius 1 is 0.906 bits per heavy atom. The van der Waals surface area contributed by atoms with Crippen molar-refractivity contribution in [3.05, 3.63) is 89.6 Å². The second kappa shape index (κ2) is 9.10. The zero-order valence-corrected chi connectivity index (χ0v) is 18.4. The van der Waals surface area contributed by atoms with Crippen molar-refractivity contribution in [2.24, 2.45) is 0 Å². The van der Waals surface area contributed by atoms with E-state index in [1.807, 2.05) is 79.1 Å². The normalized spacial score (nSPS) is 10.8. The Morgan fingerprint density at radius 3 is 2.25 bits per heavy atom. The predicted octanol–water partition coefficient (Wildman–Crippen LogP) is 5.88. The number of benzene rings is 3. The van der Waals surface area contributed by atoms with Crippen LogP contribution in [0.25, 0.3) is 16.6 Å². The quantitative estimate of drug-likeness (QED) is 0.210. The number of carbonyl (C=O) groups is 2. The van der Waals surface area contributed by atoms with E-state index < -0.39 is 0 Å². The highest BCUT2D eigenvalue weighted by molar-refractivity contribution is 6.18. The molecular weight excluding hydrogens is 402 g/mol. The standard InChI is InChI=1S/C27H25NO4/c1-4-8-25(29)32-22-15-16-24-23(17-22)26(27(30)19-9-6-5-7-10-19)18(2)28(24)20-11-13-21(31-3)14-12-20/h5-7,9-17H,4,8H2,1-3H3. The SMILES string of the molecule is CCCC(=O)Oc1ccc2c(c1)c(C(=O)c1ccccc1)c(C)n2-c1ccc(OC)cc1. The van der Waals surface area contributed by atoms with Crippen molar-refractivity contribution in [2.45, 2.75) is 26.7 Å². The van der Waals surface area contributed by atoms with Crippen molar-refractivity contribution in [1.82, 2.24) is 4.57 Å². The number of hydrogen-bond donors (Lipinski definition) is 0. The topological polar surface area (TPSA) is 57.5 Å². The highest BCUT2D eigenvalue weighted by Crippen LogP contribution is 2.34. The monoisotopic (exact) mass is 427 g/mol. The van der Waals surface area contributed by atoms with E-state index in [0.29, 0.717) is 29.7 Å². The summed E-state index contributed by atoms with van der Waals surface area (Å²) >= 11 is 0. The number of methoxy groups -OCH3 is 1. The van der Waals surface area contributed by atoms with E-state index in [4.69, 9.17) is 9.47 Å². The van der Waals surface area contributed by atoms with Gasteiger partial charge < -0.3 is 14.0 Å². The number of hydrogen-bond acceptors (Lipinski definition) is 4. The van der Waals surface area contributed by atoms with Crippen LogP contribution >= 0.6 is 0 Å². The van der Waals surface area contributed by atoms with Crippen LogP contribution in [0.1, 0.15) is 41.4 Å². The van der Waals surface area contributed by atoms with Crippen LogP contribution in [0.2, 0.25) is 0 Å². The molecule has 0 aliphatic carbocycles. The van der Waals surface area contributed by atoms with Gasteiger partial charge in [-0.1, -0.05) is 37.3 Å². The Kier molecular flexibility index (Phi) is 6.08. The lowest BCUT2D eigenvalue weighted by Gasteiger charge is -2.10. The number of esters is 1. The molecule has 0 aliphatic rings. The van der Waals surface area contributed by atoms with Gasteiger partial charge in [0.15, 0.2) is 5.78 Å². The van der Waals surface area contributed by atoms with Crippen molar-refractivity contribution in [3.8, 4) is 17.2 Å². The van der Waals surface area contributed by atoms with Crippen molar-refractivity contribution in [2.75, 3.05) is 7.11 Å². The van der Waals surface area contributed by atoms with Crippen molar-refractivity contribution < 1.29 is 19.1 Å². The van der Waals surface area contributed by atoms with Crippen LogP contribution in [0.15, 0.2) is 72.8 Å². The van der Waals surface area contributed by atoms with Gasteiger partial charge >= 0.3 is 5.97 Å². The van der Waals surface area contributed by atoms with Gasteiger partial charge in [-0.2, -0.15) is 0 Å². The molecule has 5 heteroatoms. The number of ketones is 1. The lowest BCUT2D eigenvalue weighted by atomic mass is 10.0. The van der Waals surface area contributed by atoms with Gasteiger partial charge in [0.25, 0.3) is 0 Å². The minimum Gasteiger partial charge on any atom is -0.497 e. The molecule has 0 saturated heterocycles. The summed E-state index contributed by atoms with van der Waals surface area (Å²) in [4.78, 5) is 25.6. The van der Waals surface area contributed by atoms with Gasteiger partial charge in [-0.05, 0) is 55.8 Å². The van der Waals surface area contributed by atoms with Crippen molar-refractivity contribution >= 4 is 22.7 Å². The van der Waals surface area contributed by atoms with Crippen LogP contribution in [0.3, 0.4) is 0 Å². The largest absolute Gasteiger partial charge is 0.497 e. The van der Waals surface area contributed by atoms with Gasteiger partial charge in [-0.3, -0.25) is 9.59 Å². The van der Waals surface area contributed by atoms with Gasteiger partial charge in [0.2, 0.25) is 0 Å². The molecule has 0 unspecified atom stereocenters. The Labute approximate surface area is 187 Å². The molecule has 0 spiro atoms. The van der Waals surface area contributed by atoms with Crippen LogP contribution in [-0.2, 0) is 4.79 Å². The van der Waals surface area contributed by atoms with Crippen LogP contribution < -0.4 is 9.47 Å². The average molecular weight is 428 g/mol. The molecule has 0 aliphatic heterocycles. The molecule has 4 rings (SSSR count). The molecule has 0 bridgehead atoms. The molecule has 0 N–H and O–H groups in total. The maximum Gasteiger partial charge on any atom is 0.311 e. The maximum absolute atomic E-state index is 13.5. The van der Waals surface area contributed by atoms with Gasteiger partial charge in [-0.15, -0.1) is 0 Å². The summed E-state index contributed by atoms with van der Waals surface area (Å²) in [6.45, 7) is 3.86. The van der Waals surface area contributed by atoms with E-state index in [1.54, 1.807) is 19.2 Å². The minimum absolute atomic E-state index is 0.0719. The Bertz CT molecular complexity index is 1270. The third-order valence-corrected chi connectivity index (χ3v) is 5.45. The molecule has 0 atom stereocenters. The second-order valence-electron chi connectivity index (χ2n) is 7.59. The number of carbonyl (C=O) groups excluding carboxylic acids is 2. The molecular formula is C27H25NO4. The first-order chi connectivity index (χ1) is 15.5. The Hall–Kier alpha value is -3.86. The molecule has 162 valence electrons. The molecule has 3 aromatic carbocycles. The molecule has 0 amide bonds. The summed E-state index contributed by atoms with van der Waals surface area (Å²) in [6, 6.07) is 22.3. The van der Waals surface area contributed by atoms with Crippen LogP contribution in [0.5, 0.6) is 11.5 Å². The third kappa shape index (κ3) is 4.02. The van der Waals surface area contributed by atoms with E-state index in [0.717, 1.165) is 28.0 Å². The van der Waals surface area contributed by atoms with E-state index in [9.17, 15) is 9.59 Å². The van der Waals surface area contributed by atoms with E-state index in [-0.39, 0.29) is 11.8 Å². The van der Waals surface area contributed by atoms with E-state index in [2.05, 4.69) is 0 Å². The number of nitrogens with zero attached hydrogens (tertiary/aromatic N) is 1. The van der Waals surface area contributed by atoms with Crippen LogP contribution in [-0.4, -0.2) is 23.4 Å². The first-order valence-electron chi connectivity index (χ1n) is 10.6. The summed E-state index contributed by atoms with van der Waals surface area (Å²) in [6.07, 6.45) is 1.06. The number of fused-ring (bicyclic) bond motifs is 1. The van der Waals surface area contributed by atoms with Crippen molar-refractivity contribution in [1.29, 1.82) is 0 Å². The number of aromatic nitrogens is 1. The first-order valence-corrected chi connectivity index (χ1v) is 10.6. The summed E-state index contributed by atoms with van der Waals surface area (Å²) < 4.78 is 12.8.